The monoisotopic (exact) mass is 383 g/mol. The van der Waals surface area contributed by atoms with Gasteiger partial charge in [0.1, 0.15) is 5.76 Å². The number of aryl methyl sites for hydroxylation is 1. The first-order valence-electron chi connectivity index (χ1n) is 9.94. The number of nitrogens with zero attached hydrogens (tertiary/aromatic N) is 2. The molecule has 0 atom stereocenters. The summed E-state index contributed by atoms with van der Waals surface area (Å²) in [6.07, 6.45) is 4.01. The number of amides is 3. The predicted molar refractivity (Wildman–Crippen MR) is 109 cm³/mol. The summed E-state index contributed by atoms with van der Waals surface area (Å²) in [6, 6.07) is 11.1. The molecule has 1 N–H and O–H groups in total. The Morgan fingerprint density at radius 3 is 2.61 bits per heavy atom. The van der Waals surface area contributed by atoms with Crippen LogP contribution >= 0.6 is 0 Å². The van der Waals surface area contributed by atoms with Gasteiger partial charge in [0.05, 0.1) is 12.8 Å². The van der Waals surface area contributed by atoms with E-state index < -0.39 is 0 Å². The van der Waals surface area contributed by atoms with E-state index in [0.717, 1.165) is 37.2 Å². The maximum Gasteiger partial charge on any atom is 0.322 e. The van der Waals surface area contributed by atoms with Crippen molar-refractivity contribution in [2.75, 3.05) is 25.0 Å². The van der Waals surface area contributed by atoms with Crippen molar-refractivity contribution in [3.63, 3.8) is 0 Å². The molecule has 0 bridgehead atoms. The molecule has 6 nitrogen and oxygen atoms in total. The molecule has 0 spiro atoms. The number of hydrogen-bond donors (Lipinski definition) is 1. The summed E-state index contributed by atoms with van der Waals surface area (Å²) in [5, 5.41) is 2.95. The molecule has 1 fully saturated rings. The first-order valence-corrected chi connectivity index (χ1v) is 9.94. The summed E-state index contributed by atoms with van der Waals surface area (Å²) < 4.78 is 5.41. The van der Waals surface area contributed by atoms with E-state index in [1.54, 1.807) is 17.2 Å². The van der Waals surface area contributed by atoms with Crippen LogP contribution in [0.1, 0.15) is 37.5 Å². The van der Waals surface area contributed by atoms with Crippen LogP contribution in [0.15, 0.2) is 47.1 Å². The van der Waals surface area contributed by atoms with E-state index in [0.29, 0.717) is 31.2 Å². The van der Waals surface area contributed by atoms with E-state index in [-0.39, 0.29) is 11.9 Å². The lowest BCUT2D eigenvalue weighted by Crippen LogP contribution is -2.41. The summed E-state index contributed by atoms with van der Waals surface area (Å²) in [5.74, 6) is 1.48. The van der Waals surface area contributed by atoms with E-state index >= 15 is 0 Å². The number of carbonyl (C=O) groups excluding carboxylic acids is 2. The molecule has 0 radical (unpaired) electrons. The van der Waals surface area contributed by atoms with Gasteiger partial charge in [0.15, 0.2) is 0 Å². The number of nitrogens with one attached hydrogen (secondary N) is 1. The van der Waals surface area contributed by atoms with E-state index in [2.05, 4.69) is 12.2 Å². The third-order valence-corrected chi connectivity index (χ3v) is 5.33. The Morgan fingerprint density at radius 2 is 1.93 bits per heavy atom. The van der Waals surface area contributed by atoms with Gasteiger partial charge >= 0.3 is 6.03 Å². The number of rotatable bonds is 6. The lowest BCUT2D eigenvalue weighted by molar-refractivity contribution is -0.132. The molecular weight excluding hydrogens is 354 g/mol. The average molecular weight is 383 g/mol. The Hall–Kier alpha value is -2.76. The molecule has 3 rings (SSSR count). The van der Waals surface area contributed by atoms with Gasteiger partial charge in [0.2, 0.25) is 5.91 Å². The van der Waals surface area contributed by atoms with Gasteiger partial charge in [-0.3, -0.25) is 4.79 Å². The molecule has 2 heterocycles. The van der Waals surface area contributed by atoms with Crippen molar-refractivity contribution in [1.29, 1.82) is 0 Å². The first-order chi connectivity index (χ1) is 13.5. The van der Waals surface area contributed by atoms with Gasteiger partial charge in [0, 0.05) is 31.7 Å². The van der Waals surface area contributed by atoms with Crippen LogP contribution in [0.3, 0.4) is 0 Å². The van der Waals surface area contributed by atoms with Crippen LogP contribution in [-0.2, 0) is 11.3 Å². The predicted octanol–water partition coefficient (Wildman–Crippen LogP) is 4.27. The quantitative estimate of drug-likeness (QED) is 0.810. The van der Waals surface area contributed by atoms with Crippen LogP contribution in [0.2, 0.25) is 0 Å². The summed E-state index contributed by atoms with van der Waals surface area (Å²) in [6.45, 7) is 6.48. The number of hydrogen-bond acceptors (Lipinski definition) is 3. The second-order valence-corrected chi connectivity index (χ2v) is 7.56. The molecular formula is C22H29N3O3. The normalized spacial score (nSPS) is 14.7. The minimum atomic E-state index is -0.231. The molecule has 0 unspecified atom stereocenters. The van der Waals surface area contributed by atoms with Crippen LogP contribution in [0.25, 0.3) is 0 Å². The van der Waals surface area contributed by atoms with Crippen molar-refractivity contribution in [3.8, 4) is 0 Å². The fourth-order valence-corrected chi connectivity index (χ4v) is 3.40. The molecule has 150 valence electrons. The van der Waals surface area contributed by atoms with Gasteiger partial charge in [-0.1, -0.05) is 25.1 Å². The van der Waals surface area contributed by atoms with E-state index in [1.165, 1.54) is 0 Å². The zero-order chi connectivity index (χ0) is 19.9. The largest absolute Gasteiger partial charge is 0.467 e. The fourth-order valence-electron chi connectivity index (χ4n) is 3.40. The first kappa shape index (κ1) is 20.0. The van der Waals surface area contributed by atoms with Crippen molar-refractivity contribution in [2.45, 2.75) is 39.7 Å². The Kier molecular flexibility index (Phi) is 6.74. The smallest absolute Gasteiger partial charge is 0.322 e. The zero-order valence-electron chi connectivity index (χ0n) is 16.7. The van der Waals surface area contributed by atoms with Gasteiger partial charge < -0.3 is 19.5 Å². The molecule has 1 aliphatic rings. The Balaban J connectivity index is 1.62. The highest BCUT2D eigenvalue weighted by molar-refractivity contribution is 5.90. The highest BCUT2D eigenvalue weighted by Crippen LogP contribution is 2.18. The second-order valence-electron chi connectivity index (χ2n) is 7.56. The van der Waals surface area contributed by atoms with Crippen molar-refractivity contribution in [2.24, 2.45) is 5.92 Å². The van der Waals surface area contributed by atoms with Gasteiger partial charge in [-0.25, -0.2) is 4.79 Å². The Morgan fingerprint density at radius 1 is 1.18 bits per heavy atom. The highest BCUT2D eigenvalue weighted by Gasteiger charge is 2.22. The van der Waals surface area contributed by atoms with Gasteiger partial charge in [-0.05, 0) is 49.4 Å². The minimum Gasteiger partial charge on any atom is -0.467 e. The summed E-state index contributed by atoms with van der Waals surface area (Å²) >= 11 is 0. The van der Waals surface area contributed by atoms with E-state index in [1.807, 2.05) is 42.2 Å². The van der Waals surface area contributed by atoms with Crippen molar-refractivity contribution in [1.82, 2.24) is 9.80 Å². The summed E-state index contributed by atoms with van der Waals surface area (Å²) in [7, 11) is 0. The van der Waals surface area contributed by atoms with Crippen molar-refractivity contribution < 1.29 is 14.0 Å². The maximum absolute atomic E-state index is 12.9. The molecule has 0 aliphatic carbocycles. The molecule has 2 aromatic rings. The molecule has 1 aliphatic heterocycles. The van der Waals surface area contributed by atoms with Crippen LogP contribution < -0.4 is 5.32 Å². The number of furan rings is 1. The topological polar surface area (TPSA) is 65.8 Å². The summed E-state index contributed by atoms with van der Waals surface area (Å²) in [4.78, 5) is 29.0. The molecule has 28 heavy (non-hydrogen) atoms. The average Bonchev–Trinajstić information content (AvgIpc) is 3.20. The van der Waals surface area contributed by atoms with Crippen LogP contribution in [0.5, 0.6) is 0 Å². The molecule has 6 heteroatoms. The number of benzene rings is 1. The SMILES string of the molecule is Cc1ccccc1NC(=O)N(CCC(=O)N1CCC(C)CC1)Cc1ccco1. The summed E-state index contributed by atoms with van der Waals surface area (Å²) in [5.41, 5.74) is 1.76. The molecule has 1 aromatic carbocycles. The minimum absolute atomic E-state index is 0.111. The number of carbonyl (C=O) groups is 2. The second kappa shape index (κ2) is 9.44. The molecule has 0 saturated carbocycles. The Labute approximate surface area is 166 Å². The van der Waals surface area contributed by atoms with Gasteiger partial charge in [-0.15, -0.1) is 0 Å². The van der Waals surface area contributed by atoms with Gasteiger partial charge in [0.25, 0.3) is 0 Å². The van der Waals surface area contributed by atoms with Crippen molar-refractivity contribution >= 4 is 17.6 Å². The van der Waals surface area contributed by atoms with Crippen LogP contribution in [0, 0.1) is 12.8 Å². The third kappa shape index (κ3) is 5.38. The molecule has 3 amide bonds. The lowest BCUT2D eigenvalue weighted by Gasteiger charge is -2.31. The zero-order valence-corrected chi connectivity index (χ0v) is 16.7. The van der Waals surface area contributed by atoms with E-state index in [4.69, 9.17) is 4.42 Å². The van der Waals surface area contributed by atoms with Gasteiger partial charge in [-0.2, -0.15) is 0 Å². The van der Waals surface area contributed by atoms with Crippen molar-refractivity contribution in [3.05, 3.63) is 54.0 Å². The lowest BCUT2D eigenvalue weighted by atomic mass is 9.99. The van der Waals surface area contributed by atoms with Crippen LogP contribution in [-0.4, -0.2) is 41.4 Å². The fraction of sp³-hybridized carbons (Fsp3) is 0.455. The number of urea groups is 1. The number of likely N-dealkylation sites (tertiary alicyclic amines) is 1. The number of anilines is 1. The van der Waals surface area contributed by atoms with E-state index in [9.17, 15) is 9.59 Å². The number of para-hydroxylation sites is 1. The standard InChI is InChI=1S/C22H29N3O3/c1-17-9-12-24(13-10-17)21(26)11-14-25(16-19-7-5-15-28-19)22(27)23-20-8-4-3-6-18(20)2/h3-8,15,17H,9-14,16H2,1-2H3,(H,23,27). The van der Waals surface area contributed by atoms with Crippen LogP contribution in [0.4, 0.5) is 10.5 Å². The Bertz CT molecular complexity index is 780. The highest BCUT2D eigenvalue weighted by atomic mass is 16.3. The molecule has 1 saturated heterocycles. The maximum atomic E-state index is 12.9. The number of piperidine rings is 1. The third-order valence-electron chi connectivity index (χ3n) is 5.33. The molecule has 1 aromatic heterocycles.